The molecule has 5 rings (SSSR count). The van der Waals surface area contributed by atoms with Crippen LogP contribution in [0.3, 0.4) is 0 Å². The third-order valence-electron chi connectivity index (χ3n) is 7.35. The molecule has 0 aliphatic carbocycles. The highest BCUT2D eigenvalue weighted by atomic mass is 35.5. The largest absolute Gasteiger partial charge is 0.481 e. The Morgan fingerprint density at radius 2 is 1.47 bits per heavy atom. The van der Waals surface area contributed by atoms with Crippen LogP contribution in [0.25, 0.3) is 34.2 Å². The minimum Gasteiger partial charge on any atom is -0.481 e. The van der Waals surface area contributed by atoms with Crippen molar-refractivity contribution in [1.82, 2.24) is 30.7 Å². The van der Waals surface area contributed by atoms with Crippen LogP contribution in [0.15, 0.2) is 89.7 Å². The number of carboxylic acid groups (broad SMARTS) is 1. The Bertz CT molecular complexity index is 1850. The van der Waals surface area contributed by atoms with Gasteiger partial charge in [0.15, 0.2) is 5.82 Å². The van der Waals surface area contributed by atoms with Crippen molar-refractivity contribution in [3.63, 3.8) is 0 Å². The number of carboxylic acids is 1. The summed E-state index contributed by atoms with van der Waals surface area (Å²) in [4.78, 5) is 50.5. The topological polar surface area (TPSA) is 160 Å². The summed E-state index contributed by atoms with van der Waals surface area (Å²) in [5, 5.41) is 19.0. The van der Waals surface area contributed by atoms with Crippen molar-refractivity contribution < 1.29 is 24.0 Å². The van der Waals surface area contributed by atoms with E-state index in [-0.39, 0.29) is 30.7 Å². The molecule has 0 fully saturated rings. The fourth-order valence-corrected chi connectivity index (χ4v) is 4.78. The molecule has 0 radical (unpaired) electrons. The van der Waals surface area contributed by atoms with Crippen LogP contribution in [0, 0.1) is 0 Å². The molecule has 0 saturated carbocycles. The van der Waals surface area contributed by atoms with Crippen LogP contribution in [-0.4, -0.2) is 55.6 Å². The number of benzene rings is 3. The van der Waals surface area contributed by atoms with Gasteiger partial charge in [-0.3, -0.25) is 14.4 Å². The van der Waals surface area contributed by atoms with Gasteiger partial charge in [-0.15, -0.1) is 0 Å². The van der Waals surface area contributed by atoms with Crippen molar-refractivity contribution in [2.24, 2.45) is 0 Å². The number of hydrogen-bond acceptors (Lipinski definition) is 8. The number of carbonyl (C=O) groups is 3. The van der Waals surface area contributed by atoms with Gasteiger partial charge in [-0.2, -0.15) is 4.98 Å². The van der Waals surface area contributed by atoms with Crippen molar-refractivity contribution in [3.05, 3.63) is 107 Å². The van der Waals surface area contributed by atoms with Gasteiger partial charge < -0.3 is 20.3 Å². The smallest absolute Gasteiger partial charge is 0.305 e. The Hall–Kier alpha value is -5.42. The van der Waals surface area contributed by atoms with Crippen LogP contribution in [-0.2, 0) is 21.4 Å². The molecule has 0 unspecified atom stereocenters. The summed E-state index contributed by atoms with van der Waals surface area (Å²) in [5.41, 5.74) is 4.24. The summed E-state index contributed by atoms with van der Waals surface area (Å²) in [5.74, 6) is -0.760. The highest BCUT2D eigenvalue weighted by Gasteiger charge is 2.23. The summed E-state index contributed by atoms with van der Waals surface area (Å²) in [7, 11) is 0. The molecule has 0 spiro atoms. The molecule has 0 saturated heterocycles. The first-order valence-electron chi connectivity index (χ1n) is 14.9. The third kappa shape index (κ3) is 8.65. The normalized spacial score (nSPS) is 11.9. The second-order valence-corrected chi connectivity index (χ2v) is 12.4. The quantitative estimate of drug-likeness (QED) is 0.162. The van der Waals surface area contributed by atoms with E-state index in [4.69, 9.17) is 21.2 Å². The van der Waals surface area contributed by atoms with Crippen LogP contribution in [0.4, 0.5) is 0 Å². The van der Waals surface area contributed by atoms with Gasteiger partial charge in [0.2, 0.25) is 11.7 Å². The first kappa shape index (κ1) is 33.0. The number of aliphatic carboxylic acids is 1. The summed E-state index contributed by atoms with van der Waals surface area (Å²) < 4.78 is 5.40. The van der Waals surface area contributed by atoms with Crippen LogP contribution >= 0.6 is 11.6 Å². The molecule has 3 N–H and O–H groups in total. The van der Waals surface area contributed by atoms with Gasteiger partial charge >= 0.3 is 5.97 Å². The van der Waals surface area contributed by atoms with E-state index in [1.165, 1.54) is 0 Å². The monoisotopic (exact) mass is 652 g/mol. The molecule has 2 aromatic heterocycles. The molecule has 2 amide bonds. The van der Waals surface area contributed by atoms with Crippen molar-refractivity contribution in [2.75, 3.05) is 6.54 Å². The summed E-state index contributed by atoms with van der Waals surface area (Å²) in [6.07, 6.45) is 3.13. The highest BCUT2D eigenvalue weighted by molar-refractivity contribution is 6.30. The average molecular weight is 653 g/mol. The number of aromatic nitrogens is 4. The fourth-order valence-electron chi connectivity index (χ4n) is 4.66. The Labute approximate surface area is 276 Å². The summed E-state index contributed by atoms with van der Waals surface area (Å²) in [6, 6.07) is 20.7. The summed E-state index contributed by atoms with van der Waals surface area (Å²) >= 11 is 5.96. The van der Waals surface area contributed by atoms with Crippen molar-refractivity contribution in [1.29, 1.82) is 0 Å². The maximum atomic E-state index is 13.1. The van der Waals surface area contributed by atoms with Gasteiger partial charge in [0.25, 0.3) is 11.8 Å². The third-order valence-corrected chi connectivity index (χ3v) is 7.60. The zero-order valence-electron chi connectivity index (χ0n) is 26.0. The van der Waals surface area contributed by atoms with Crippen LogP contribution in [0.1, 0.15) is 48.7 Å². The summed E-state index contributed by atoms with van der Waals surface area (Å²) in [6.45, 7) is 6.20. The van der Waals surface area contributed by atoms with E-state index < -0.39 is 23.8 Å². The number of carbonyl (C=O) groups excluding carboxylic acids is 2. The number of rotatable bonds is 11. The van der Waals surface area contributed by atoms with E-state index in [0.29, 0.717) is 27.8 Å². The Morgan fingerprint density at radius 3 is 2.09 bits per heavy atom. The van der Waals surface area contributed by atoms with E-state index in [1.807, 2.05) is 36.4 Å². The van der Waals surface area contributed by atoms with Gasteiger partial charge in [0.1, 0.15) is 6.04 Å². The Morgan fingerprint density at radius 1 is 0.851 bits per heavy atom. The first-order valence-corrected chi connectivity index (χ1v) is 15.3. The maximum absolute atomic E-state index is 13.1. The molecule has 0 aliphatic heterocycles. The fraction of sp³-hybridized carbons (Fsp3) is 0.229. The number of amides is 2. The van der Waals surface area contributed by atoms with Gasteiger partial charge in [0, 0.05) is 47.1 Å². The van der Waals surface area contributed by atoms with Crippen molar-refractivity contribution in [2.45, 2.75) is 45.1 Å². The van der Waals surface area contributed by atoms with E-state index in [1.54, 1.807) is 48.8 Å². The Balaban J connectivity index is 1.27. The molecule has 0 aliphatic rings. The predicted molar refractivity (Wildman–Crippen MR) is 177 cm³/mol. The van der Waals surface area contributed by atoms with Crippen LogP contribution < -0.4 is 10.6 Å². The minimum atomic E-state index is -1.03. The molecule has 12 heteroatoms. The van der Waals surface area contributed by atoms with E-state index in [9.17, 15) is 14.4 Å². The van der Waals surface area contributed by atoms with Gasteiger partial charge in [-0.25, -0.2) is 9.97 Å². The highest BCUT2D eigenvalue weighted by Crippen LogP contribution is 2.25. The number of nitrogens with one attached hydrogen (secondary N) is 2. The van der Waals surface area contributed by atoms with E-state index in [0.717, 1.165) is 22.3 Å². The second kappa shape index (κ2) is 14.3. The van der Waals surface area contributed by atoms with Gasteiger partial charge in [-0.05, 0) is 52.9 Å². The van der Waals surface area contributed by atoms with Crippen molar-refractivity contribution in [3.8, 4) is 34.2 Å². The number of halogens is 1. The molecule has 3 aromatic carbocycles. The molecular formula is C35H33ClN6O5. The molecule has 240 valence electrons. The molecule has 5 aromatic rings. The zero-order chi connectivity index (χ0) is 33.6. The average Bonchev–Trinajstić information content (AvgIpc) is 3.55. The molecular weight excluding hydrogens is 620 g/mol. The van der Waals surface area contributed by atoms with Gasteiger partial charge in [0.05, 0.1) is 12.0 Å². The zero-order valence-corrected chi connectivity index (χ0v) is 26.8. The first-order chi connectivity index (χ1) is 22.5. The minimum absolute atomic E-state index is 0.0564. The van der Waals surface area contributed by atoms with Gasteiger partial charge in [-0.1, -0.05) is 73.9 Å². The molecule has 1 atom stereocenters. The lowest BCUT2D eigenvalue weighted by molar-refractivity contribution is -0.137. The number of hydrogen-bond donors (Lipinski definition) is 3. The Kier molecular flexibility index (Phi) is 10.1. The molecule has 2 heterocycles. The lowest BCUT2D eigenvalue weighted by atomic mass is 9.86. The van der Waals surface area contributed by atoms with Crippen LogP contribution in [0.2, 0.25) is 5.02 Å². The van der Waals surface area contributed by atoms with E-state index >= 15 is 0 Å². The van der Waals surface area contributed by atoms with Crippen molar-refractivity contribution >= 4 is 29.4 Å². The number of nitrogens with zero attached hydrogens (tertiary/aromatic N) is 4. The lowest BCUT2D eigenvalue weighted by Gasteiger charge is -2.20. The SMILES string of the molecule is CC(C)(C)c1ccc(C(=O)N[C@@H](Cc2ccc(-c3ncc(-c4nc(-c5ccc(Cl)cc5)no4)cn3)cc2)C(=O)NCCC(=O)O)cc1. The second-order valence-electron chi connectivity index (χ2n) is 11.9. The predicted octanol–water partition coefficient (Wildman–Crippen LogP) is 5.74. The standard InChI is InChI=1S/C35H33ClN6O5/c1-35(2,3)26-12-8-24(9-13-26)32(45)40-28(33(46)37-17-16-29(43)44)18-21-4-6-22(7-5-21)30-38-19-25(20-39-30)34-41-31(42-47-34)23-10-14-27(36)15-11-23/h4-15,19-20,28H,16-18H2,1-3H3,(H,37,46)(H,40,45)(H,43,44)/t28-/m0/s1. The lowest BCUT2D eigenvalue weighted by Crippen LogP contribution is -2.48. The molecule has 11 nitrogen and oxygen atoms in total. The van der Waals surface area contributed by atoms with E-state index in [2.05, 4.69) is 51.5 Å². The van der Waals surface area contributed by atoms with Crippen LogP contribution in [0.5, 0.6) is 0 Å². The molecule has 0 bridgehead atoms. The molecule has 47 heavy (non-hydrogen) atoms. The maximum Gasteiger partial charge on any atom is 0.305 e.